The molecule has 0 radical (unpaired) electrons. The van der Waals surface area contributed by atoms with Gasteiger partial charge >= 0.3 is 0 Å². The molecule has 1 aliphatic rings. The van der Waals surface area contributed by atoms with E-state index in [1.165, 1.54) is 6.92 Å². The van der Waals surface area contributed by atoms with Crippen molar-refractivity contribution in [1.29, 1.82) is 0 Å². The number of rotatable bonds is 29. The van der Waals surface area contributed by atoms with Crippen molar-refractivity contribution in [3.63, 3.8) is 0 Å². The molecule has 0 bridgehead atoms. The highest BCUT2D eigenvalue weighted by atomic mass is 16.3. The second-order valence-electron chi connectivity index (χ2n) is 20.2. The molecule has 0 aliphatic carbocycles. The molecule has 30 heteroatoms. The van der Waals surface area contributed by atoms with Gasteiger partial charge in [0.25, 0.3) is 0 Å². The largest absolute Gasteiger partial charge is 0.391 e. The van der Waals surface area contributed by atoms with Gasteiger partial charge in [0.05, 0.1) is 25.2 Å². The van der Waals surface area contributed by atoms with Crippen molar-refractivity contribution in [3.05, 3.63) is 0 Å². The average Bonchev–Trinajstić information content (AvgIpc) is 3.38. The van der Waals surface area contributed by atoms with Gasteiger partial charge in [0.1, 0.15) is 60.2 Å². The fourth-order valence-electron chi connectivity index (χ4n) is 8.24. The molecule has 11 atom stereocenters. The van der Waals surface area contributed by atoms with Crippen LogP contribution in [0.5, 0.6) is 0 Å². The Kier molecular flexibility index (Phi) is 34.9. The molecule has 30 nitrogen and oxygen atoms in total. The van der Waals surface area contributed by atoms with E-state index in [-0.39, 0.29) is 89.4 Å². The Labute approximate surface area is 467 Å². The minimum atomic E-state index is -1.76. The Morgan fingerprint density at radius 1 is 0.575 bits per heavy atom. The fourth-order valence-corrected chi connectivity index (χ4v) is 8.24. The molecule has 23 N–H and O–H groups in total. The van der Waals surface area contributed by atoms with E-state index in [2.05, 4.69) is 65.4 Å². The van der Waals surface area contributed by atoms with Crippen LogP contribution in [0.3, 0.4) is 0 Å². The number of nitrogens with one attached hydrogen (secondary N) is 11. The third kappa shape index (κ3) is 27.1. The third-order valence-electron chi connectivity index (χ3n) is 12.6. The number of hydrogen-bond acceptors (Lipinski definition) is 19. The number of nitrogens with two attached hydrogens (primary N) is 5. The first-order valence-electron chi connectivity index (χ1n) is 27.5. The van der Waals surface area contributed by atoms with Gasteiger partial charge in [-0.25, -0.2) is 0 Å². The average molecular weight is 1140 g/mol. The standard InChI is InChI=1S/C50H92N16O14/c1-6-7-8-9-10-11-30(69)25-38(70)58-32(13-19-52)46(76)66-41(29(5)68)50(80)64-34(15-21-54)44(74)63-36-17-23-56-49(79)40(28(4)67)65-47(77)35(16-22-55)61-43(73)33(14-20-53)62-48(78)37(24-27(2)3)59-39(71)26-57-42(72)31(12-18-51)60-45(36)75/h27-29,31-37,40-41,67-68H,6-26,51-55H2,1-5H3,(H,56,79)(H,57,72)(H,58,70)(H,59,71)(H,60,75)(H,61,73)(H,62,78)(H,63,74)(H,64,80)(H,65,77)(H,66,76)/t28-,29?,31+,32+,33+,34+,35+,36+,37+,40+,41+/m1/s1. The molecule has 0 saturated carbocycles. The zero-order valence-electron chi connectivity index (χ0n) is 47.0. The van der Waals surface area contributed by atoms with Crippen molar-refractivity contribution in [2.45, 2.75) is 191 Å². The van der Waals surface area contributed by atoms with Gasteiger partial charge in [-0.3, -0.25) is 57.5 Å². The smallest absolute Gasteiger partial charge is 0.245 e. The van der Waals surface area contributed by atoms with Crippen LogP contribution in [-0.4, -0.2) is 193 Å². The lowest BCUT2D eigenvalue weighted by Crippen LogP contribution is -2.61. The van der Waals surface area contributed by atoms with Crippen molar-refractivity contribution in [1.82, 2.24) is 58.5 Å². The van der Waals surface area contributed by atoms with Crippen LogP contribution in [0, 0.1) is 5.92 Å². The molecule has 0 spiro atoms. The van der Waals surface area contributed by atoms with Gasteiger partial charge in [-0.2, -0.15) is 0 Å². The van der Waals surface area contributed by atoms with E-state index in [9.17, 15) is 67.7 Å². The van der Waals surface area contributed by atoms with E-state index in [1.54, 1.807) is 13.8 Å². The van der Waals surface area contributed by atoms with Gasteiger partial charge in [-0.05, 0) is 104 Å². The zero-order chi connectivity index (χ0) is 60.5. The number of ketones is 1. The number of hydrogen-bond donors (Lipinski definition) is 18. The van der Waals surface area contributed by atoms with Crippen LogP contribution in [0.2, 0.25) is 0 Å². The molecule has 1 unspecified atom stereocenters. The maximum absolute atomic E-state index is 14.2. The van der Waals surface area contributed by atoms with Crippen LogP contribution in [0.1, 0.15) is 125 Å². The Hall–Kier alpha value is -6.44. The van der Waals surface area contributed by atoms with Crippen LogP contribution in [0.4, 0.5) is 0 Å². The van der Waals surface area contributed by atoms with E-state index in [1.807, 2.05) is 0 Å². The summed E-state index contributed by atoms with van der Waals surface area (Å²) in [6.07, 6.45) is -0.414. The number of carbonyl (C=O) groups excluding carboxylic acids is 12. The first-order chi connectivity index (χ1) is 37.9. The van der Waals surface area contributed by atoms with Gasteiger partial charge in [0, 0.05) is 13.0 Å². The van der Waals surface area contributed by atoms with Crippen molar-refractivity contribution >= 4 is 70.8 Å². The van der Waals surface area contributed by atoms with E-state index in [4.69, 9.17) is 28.7 Å². The second kappa shape index (κ2) is 39.0. The van der Waals surface area contributed by atoms with Gasteiger partial charge in [0.2, 0.25) is 65.0 Å². The molecule has 1 saturated heterocycles. The highest BCUT2D eigenvalue weighted by Crippen LogP contribution is 2.10. The summed E-state index contributed by atoms with van der Waals surface area (Å²) in [5, 5.41) is 48.3. The molecule has 1 heterocycles. The molecule has 1 aliphatic heterocycles. The molecule has 0 aromatic rings. The molecule has 1 rings (SSSR count). The maximum atomic E-state index is 14.2. The predicted octanol–water partition coefficient (Wildman–Crippen LogP) is -7.14. The molecular formula is C50H92N16O14. The van der Waals surface area contributed by atoms with Crippen molar-refractivity contribution in [2.75, 3.05) is 45.8 Å². The Bertz CT molecular complexity index is 2050. The van der Waals surface area contributed by atoms with Crippen molar-refractivity contribution in [3.8, 4) is 0 Å². The Morgan fingerprint density at radius 2 is 1.10 bits per heavy atom. The highest BCUT2D eigenvalue weighted by Gasteiger charge is 2.36. The Morgan fingerprint density at radius 3 is 1.62 bits per heavy atom. The molecule has 80 heavy (non-hydrogen) atoms. The third-order valence-corrected chi connectivity index (χ3v) is 12.6. The lowest BCUT2D eigenvalue weighted by Gasteiger charge is -2.28. The quantitative estimate of drug-likeness (QED) is 0.0244. The second-order valence-corrected chi connectivity index (χ2v) is 20.2. The summed E-state index contributed by atoms with van der Waals surface area (Å²) >= 11 is 0. The minimum absolute atomic E-state index is 0.0663. The molecule has 0 aromatic heterocycles. The SMILES string of the molecule is CCCCCCCC(=O)CC(=O)N[C@@H](CCN)C(=O)N[C@H](C(=O)N[C@@H](CCN)C(=O)N[C@H]1CCNC(=O)[C@H]([C@@H](C)O)NC(=O)[C@H](CCN)NC(=O)[C@H](CCN)NC(=O)[C@H](CC(C)C)NC(=O)CNC(=O)[C@H](CCN)NC1=O)C(C)O. The number of aliphatic hydroxyl groups is 2. The summed E-state index contributed by atoms with van der Waals surface area (Å²) in [6.45, 7) is 5.97. The topological polar surface area (TPSA) is 508 Å². The first-order valence-corrected chi connectivity index (χ1v) is 27.5. The normalized spacial score (nSPS) is 22.2. The molecular weight excluding hydrogens is 1050 g/mol. The maximum Gasteiger partial charge on any atom is 0.245 e. The molecule has 1 fully saturated rings. The number of Topliss-reactive ketones (excluding diaryl/α,β-unsaturated/α-hetero) is 1. The number of aliphatic hydroxyl groups excluding tert-OH is 2. The molecule has 456 valence electrons. The first kappa shape index (κ1) is 71.6. The van der Waals surface area contributed by atoms with Crippen LogP contribution in [0.25, 0.3) is 0 Å². The monoisotopic (exact) mass is 1140 g/mol. The fraction of sp³-hybridized carbons (Fsp3) is 0.760. The zero-order valence-corrected chi connectivity index (χ0v) is 47.0. The van der Waals surface area contributed by atoms with Crippen LogP contribution in [0.15, 0.2) is 0 Å². The summed E-state index contributed by atoms with van der Waals surface area (Å²) in [6, 6.07) is -13.5. The summed E-state index contributed by atoms with van der Waals surface area (Å²) in [5.74, 6) is -10.8. The van der Waals surface area contributed by atoms with Crippen LogP contribution in [-0.2, 0) is 57.5 Å². The molecule has 11 amide bonds. The number of carbonyl (C=O) groups is 12. The minimum Gasteiger partial charge on any atom is -0.391 e. The van der Waals surface area contributed by atoms with E-state index in [0.717, 1.165) is 32.6 Å². The van der Waals surface area contributed by atoms with Crippen LogP contribution < -0.4 is 87.2 Å². The summed E-state index contributed by atoms with van der Waals surface area (Å²) in [5.41, 5.74) is 28.9. The number of amides is 11. The van der Waals surface area contributed by atoms with Crippen molar-refractivity contribution < 1.29 is 67.7 Å². The van der Waals surface area contributed by atoms with Crippen molar-refractivity contribution in [2.24, 2.45) is 34.6 Å². The van der Waals surface area contributed by atoms with Gasteiger partial charge in [-0.1, -0.05) is 46.5 Å². The lowest BCUT2D eigenvalue weighted by atomic mass is 10.0. The molecule has 0 aromatic carbocycles. The number of unbranched alkanes of at least 4 members (excludes halogenated alkanes) is 4. The van der Waals surface area contributed by atoms with E-state index >= 15 is 0 Å². The van der Waals surface area contributed by atoms with E-state index < -0.39 is 157 Å². The van der Waals surface area contributed by atoms with Gasteiger partial charge in [0.15, 0.2) is 0 Å². The summed E-state index contributed by atoms with van der Waals surface area (Å²) < 4.78 is 0. The Balaban J connectivity index is 3.62. The van der Waals surface area contributed by atoms with E-state index in [0.29, 0.717) is 6.42 Å². The van der Waals surface area contributed by atoms with Gasteiger partial charge in [-0.15, -0.1) is 0 Å². The lowest BCUT2D eigenvalue weighted by molar-refractivity contribution is -0.137. The van der Waals surface area contributed by atoms with Gasteiger partial charge < -0.3 is 97.4 Å². The van der Waals surface area contributed by atoms with Crippen LogP contribution >= 0.6 is 0 Å². The predicted molar refractivity (Wildman–Crippen MR) is 292 cm³/mol. The highest BCUT2D eigenvalue weighted by molar-refractivity contribution is 6.01. The summed E-state index contributed by atoms with van der Waals surface area (Å²) in [4.78, 5) is 162. The summed E-state index contributed by atoms with van der Waals surface area (Å²) in [7, 11) is 0.